The van der Waals surface area contributed by atoms with Crippen molar-refractivity contribution in [3.8, 4) is 0 Å². The number of hydrazone groups is 1. The minimum absolute atomic E-state index is 0.230. The Labute approximate surface area is 137 Å². The molecule has 2 aliphatic heterocycles. The first-order valence-electron chi connectivity index (χ1n) is 7.24. The summed E-state index contributed by atoms with van der Waals surface area (Å²) in [6.45, 7) is 1.73. The second-order valence-electron chi connectivity index (χ2n) is 5.47. The van der Waals surface area contributed by atoms with Crippen LogP contribution in [0.15, 0.2) is 42.0 Å². The SMILES string of the molecule is CC1=[N+](c2ccccc2)NC(=O)C1/C=C1\C(=O)NC(=O)N(C)C1=O. The van der Waals surface area contributed by atoms with Crippen LogP contribution in [0.2, 0.25) is 0 Å². The van der Waals surface area contributed by atoms with Gasteiger partial charge in [-0.2, -0.15) is 0 Å². The van der Waals surface area contributed by atoms with E-state index in [1.54, 1.807) is 11.6 Å². The van der Waals surface area contributed by atoms with Crippen molar-refractivity contribution in [3.63, 3.8) is 0 Å². The molecule has 0 saturated carbocycles. The molecule has 8 nitrogen and oxygen atoms in total. The number of likely N-dealkylation sites (N-methyl/N-ethyl adjacent to an activating group) is 1. The Hall–Kier alpha value is -3.29. The molecule has 5 amide bonds. The monoisotopic (exact) mass is 327 g/mol. The number of hydrazine groups is 1. The number of para-hydroxylation sites is 1. The lowest BCUT2D eigenvalue weighted by atomic mass is 9.99. The van der Waals surface area contributed by atoms with Gasteiger partial charge in [0.2, 0.25) is 11.4 Å². The normalized spacial score (nSPS) is 23.0. The Kier molecular flexibility index (Phi) is 3.72. The number of hydrogen-bond acceptors (Lipinski definition) is 4. The lowest BCUT2D eigenvalue weighted by Gasteiger charge is -2.22. The van der Waals surface area contributed by atoms with Gasteiger partial charge in [0.05, 0.1) is 0 Å². The van der Waals surface area contributed by atoms with Gasteiger partial charge < -0.3 is 0 Å². The summed E-state index contributed by atoms with van der Waals surface area (Å²) in [7, 11) is 1.26. The summed E-state index contributed by atoms with van der Waals surface area (Å²) in [6, 6.07) is 8.38. The highest BCUT2D eigenvalue weighted by Gasteiger charge is 2.41. The summed E-state index contributed by atoms with van der Waals surface area (Å²) < 4.78 is 1.60. The fraction of sp³-hybridized carbons (Fsp3) is 0.188. The summed E-state index contributed by atoms with van der Waals surface area (Å²) in [5.41, 5.74) is 3.85. The first-order chi connectivity index (χ1) is 11.4. The lowest BCUT2D eigenvalue weighted by molar-refractivity contribution is -0.486. The minimum atomic E-state index is -0.804. The number of hydrogen-bond donors (Lipinski definition) is 2. The molecule has 0 spiro atoms. The molecule has 1 saturated heterocycles. The van der Waals surface area contributed by atoms with Gasteiger partial charge in [-0.3, -0.25) is 24.6 Å². The van der Waals surface area contributed by atoms with Crippen LogP contribution in [0.25, 0.3) is 0 Å². The van der Waals surface area contributed by atoms with E-state index in [-0.39, 0.29) is 11.5 Å². The zero-order valence-corrected chi connectivity index (χ0v) is 13.1. The highest BCUT2D eigenvalue weighted by molar-refractivity contribution is 6.29. The van der Waals surface area contributed by atoms with Crippen molar-refractivity contribution in [1.82, 2.24) is 15.6 Å². The number of amides is 5. The Morgan fingerprint density at radius 2 is 1.79 bits per heavy atom. The van der Waals surface area contributed by atoms with Crippen molar-refractivity contribution in [1.29, 1.82) is 0 Å². The molecule has 1 atom stereocenters. The summed E-state index contributed by atoms with van der Waals surface area (Å²) in [5, 5.41) is 2.06. The number of carbonyl (C=O) groups is 4. The molecule has 24 heavy (non-hydrogen) atoms. The Bertz CT molecular complexity index is 826. The second kappa shape index (κ2) is 5.73. The molecular weight excluding hydrogens is 312 g/mol. The molecular formula is C16H15N4O4+. The van der Waals surface area contributed by atoms with E-state index < -0.39 is 23.8 Å². The maximum absolute atomic E-state index is 12.3. The minimum Gasteiger partial charge on any atom is -0.273 e. The number of nitrogens with one attached hydrogen (secondary N) is 2. The number of carbonyl (C=O) groups excluding carboxylic acids is 4. The molecule has 1 unspecified atom stereocenters. The average Bonchev–Trinajstić information content (AvgIpc) is 2.85. The third-order valence-electron chi connectivity index (χ3n) is 3.96. The third kappa shape index (κ3) is 2.47. The van der Waals surface area contributed by atoms with E-state index in [0.717, 1.165) is 10.6 Å². The van der Waals surface area contributed by atoms with Gasteiger partial charge >= 0.3 is 6.03 Å². The molecule has 0 aromatic heterocycles. The first-order valence-corrected chi connectivity index (χ1v) is 7.24. The van der Waals surface area contributed by atoms with Crippen molar-refractivity contribution < 1.29 is 23.9 Å². The van der Waals surface area contributed by atoms with Crippen LogP contribution in [0, 0.1) is 5.92 Å². The van der Waals surface area contributed by atoms with Crippen molar-refractivity contribution in [2.45, 2.75) is 6.92 Å². The molecule has 8 heteroatoms. The van der Waals surface area contributed by atoms with E-state index in [4.69, 9.17) is 0 Å². The van der Waals surface area contributed by atoms with Crippen molar-refractivity contribution in [2.24, 2.45) is 5.92 Å². The van der Waals surface area contributed by atoms with Gasteiger partial charge in [-0.1, -0.05) is 22.9 Å². The van der Waals surface area contributed by atoms with E-state index in [1.807, 2.05) is 30.3 Å². The van der Waals surface area contributed by atoms with Crippen LogP contribution in [0.4, 0.5) is 10.5 Å². The molecule has 2 N–H and O–H groups in total. The van der Waals surface area contributed by atoms with Gasteiger partial charge in [-0.15, -0.1) is 5.43 Å². The van der Waals surface area contributed by atoms with Crippen molar-refractivity contribution >= 4 is 35.2 Å². The maximum Gasteiger partial charge on any atom is 0.331 e. The second-order valence-corrected chi connectivity index (χ2v) is 5.47. The van der Waals surface area contributed by atoms with E-state index in [1.165, 1.54) is 13.1 Å². The van der Waals surface area contributed by atoms with Crippen LogP contribution >= 0.6 is 0 Å². The number of nitrogens with zero attached hydrogens (tertiary/aromatic N) is 2. The van der Waals surface area contributed by atoms with Crippen molar-refractivity contribution in [2.75, 3.05) is 7.05 Å². The average molecular weight is 327 g/mol. The number of barbiturate groups is 1. The fourth-order valence-electron chi connectivity index (χ4n) is 2.57. The number of benzene rings is 1. The van der Waals surface area contributed by atoms with Gasteiger partial charge in [0.15, 0.2) is 0 Å². The van der Waals surface area contributed by atoms with Gasteiger partial charge in [-0.05, 0) is 6.08 Å². The number of urea groups is 1. The quantitative estimate of drug-likeness (QED) is 0.457. The van der Waals surface area contributed by atoms with Gasteiger partial charge in [0, 0.05) is 26.1 Å². The van der Waals surface area contributed by atoms with Crippen LogP contribution in [-0.2, 0) is 14.4 Å². The van der Waals surface area contributed by atoms with Gasteiger partial charge in [0.1, 0.15) is 11.5 Å². The molecule has 0 radical (unpaired) electrons. The molecule has 0 bridgehead atoms. The zero-order valence-electron chi connectivity index (χ0n) is 13.1. The summed E-state index contributed by atoms with van der Waals surface area (Å²) in [4.78, 5) is 48.5. The predicted octanol–water partition coefficient (Wildman–Crippen LogP) is 0.0871. The maximum atomic E-state index is 12.3. The van der Waals surface area contributed by atoms with Crippen LogP contribution in [0.1, 0.15) is 6.92 Å². The molecule has 2 heterocycles. The first kappa shape index (κ1) is 15.6. The molecule has 122 valence electrons. The van der Waals surface area contributed by atoms with E-state index in [9.17, 15) is 19.2 Å². The summed E-state index contributed by atoms with van der Waals surface area (Å²) in [5.74, 6) is -2.68. The molecule has 0 aliphatic carbocycles. The van der Waals surface area contributed by atoms with Crippen molar-refractivity contribution in [3.05, 3.63) is 42.0 Å². The Morgan fingerprint density at radius 3 is 2.46 bits per heavy atom. The fourth-order valence-corrected chi connectivity index (χ4v) is 2.57. The Morgan fingerprint density at radius 1 is 1.12 bits per heavy atom. The molecule has 2 aliphatic rings. The zero-order chi connectivity index (χ0) is 17.4. The van der Waals surface area contributed by atoms with E-state index in [2.05, 4.69) is 10.7 Å². The molecule has 3 rings (SSSR count). The van der Waals surface area contributed by atoms with Crippen LogP contribution < -0.4 is 10.7 Å². The molecule has 1 aromatic carbocycles. The summed E-state index contributed by atoms with van der Waals surface area (Å²) >= 11 is 0. The molecule has 1 fully saturated rings. The Balaban J connectivity index is 1.99. The third-order valence-corrected chi connectivity index (χ3v) is 3.96. The largest absolute Gasteiger partial charge is 0.331 e. The highest BCUT2D eigenvalue weighted by atomic mass is 16.2. The summed E-state index contributed by atoms with van der Waals surface area (Å²) in [6.07, 6.45) is 1.29. The van der Waals surface area contributed by atoms with Crippen LogP contribution in [0.3, 0.4) is 0 Å². The molecule has 1 aromatic rings. The predicted molar refractivity (Wildman–Crippen MR) is 83.1 cm³/mol. The van der Waals surface area contributed by atoms with Gasteiger partial charge in [-0.25, -0.2) is 4.79 Å². The van der Waals surface area contributed by atoms with E-state index in [0.29, 0.717) is 5.71 Å². The number of imide groups is 2. The number of rotatable bonds is 2. The van der Waals surface area contributed by atoms with Crippen LogP contribution in [0.5, 0.6) is 0 Å². The lowest BCUT2D eigenvalue weighted by Crippen LogP contribution is -2.52. The standard InChI is InChI=1S/C16H14N4O4/c1-9-11(8-12-13(21)17-16(24)19(2)15(12)23)14(22)18-20(9)10-6-4-3-5-7-10/h3-8,11H,1-2H3,(H-,17,18,21,22,24)/p+1/b12-8+. The topological polar surface area (TPSA) is 98.6 Å². The van der Waals surface area contributed by atoms with E-state index >= 15 is 0 Å². The smallest absolute Gasteiger partial charge is 0.273 e. The highest BCUT2D eigenvalue weighted by Crippen LogP contribution is 2.20. The van der Waals surface area contributed by atoms with Gasteiger partial charge in [0.25, 0.3) is 17.7 Å². The van der Waals surface area contributed by atoms with Crippen LogP contribution in [-0.4, -0.2) is 46.1 Å².